The number of non-ortho nitro benzene ring substituents is 1. The van der Waals surface area contributed by atoms with E-state index in [-0.39, 0.29) is 16.7 Å². The molecule has 0 fully saturated rings. The number of ketones is 1. The van der Waals surface area contributed by atoms with Gasteiger partial charge in [0.2, 0.25) is 0 Å². The van der Waals surface area contributed by atoms with Gasteiger partial charge < -0.3 is 4.74 Å². The first-order valence-electron chi connectivity index (χ1n) is 10.5. The van der Waals surface area contributed by atoms with Crippen LogP contribution in [0.2, 0.25) is 0 Å². The summed E-state index contributed by atoms with van der Waals surface area (Å²) in [6.45, 7) is -0.826. The lowest BCUT2D eigenvalue weighted by atomic mass is 10.1. The highest BCUT2D eigenvalue weighted by Crippen LogP contribution is 2.32. The number of nitro benzene ring substituents is 2. The average Bonchev–Trinajstić information content (AvgIpc) is 3.16. The fourth-order valence-electron chi connectivity index (χ4n) is 3.77. The maximum atomic E-state index is 13.5. The van der Waals surface area contributed by atoms with E-state index in [1.807, 2.05) is 0 Å². The van der Waals surface area contributed by atoms with E-state index < -0.39 is 56.8 Å². The molecular weight excluding hydrogens is 488 g/mol. The number of Topliss-reactive ketones (excluding diaryl/α,β-unsaturated/α-hetero) is 1. The molecule has 0 aromatic heterocycles. The second-order valence-corrected chi connectivity index (χ2v) is 7.70. The Bertz CT molecular complexity index is 1480. The summed E-state index contributed by atoms with van der Waals surface area (Å²) in [5.74, 6) is -3.57. The lowest BCUT2D eigenvalue weighted by molar-refractivity contribution is -0.385. The lowest BCUT2D eigenvalue weighted by Gasteiger charge is -2.29. The van der Waals surface area contributed by atoms with E-state index >= 15 is 0 Å². The van der Waals surface area contributed by atoms with Crippen molar-refractivity contribution in [1.82, 2.24) is 10.0 Å². The highest BCUT2D eigenvalue weighted by Gasteiger charge is 2.46. The first kappa shape index (κ1) is 24.7. The van der Waals surface area contributed by atoms with E-state index in [1.54, 1.807) is 0 Å². The highest BCUT2D eigenvalue weighted by atomic mass is 16.6. The van der Waals surface area contributed by atoms with Crippen molar-refractivity contribution in [2.45, 2.75) is 0 Å². The number of benzene rings is 3. The van der Waals surface area contributed by atoms with Gasteiger partial charge in [-0.15, -0.1) is 0 Å². The highest BCUT2D eigenvalue weighted by molar-refractivity contribution is 6.24. The zero-order valence-electron chi connectivity index (χ0n) is 19.0. The van der Waals surface area contributed by atoms with Gasteiger partial charge in [-0.1, -0.05) is 12.1 Å². The molecule has 0 spiro atoms. The molecule has 13 nitrogen and oxygen atoms in total. The Morgan fingerprint density at radius 1 is 0.892 bits per heavy atom. The second-order valence-electron chi connectivity index (χ2n) is 7.70. The molecule has 186 valence electrons. The van der Waals surface area contributed by atoms with Crippen molar-refractivity contribution in [3.63, 3.8) is 0 Å². The first-order chi connectivity index (χ1) is 17.6. The van der Waals surface area contributed by atoms with E-state index in [1.165, 1.54) is 55.6 Å². The fourth-order valence-corrected chi connectivity index (χ4v) is 3.77. The molecule has 3 amide bonds. The number of hydrogen-bond acceptors (Lipinski definition) is 9. The normalized spacial score (nSPS) is 12.2. The van der Waals surface area contributed by atoms with Crippen LogP contribution in [0, 0.1) is 20.2 Å². The molecule has 0 saturated carbocycles. The Kier molecular flexibility index (Phi) is 6.43. The largest absolute Gasteiger partial charge is 0.497 e. The molecule has 4 rings (SSSR count). The van der Waals surface area contributed by atoms with Crippen molar-refractivity contribution in [3.8, 4) is 5.75 Å². The van der Waals surface area contributed by atoms with E-state index in [4.69, 9.17) is 4.74 Å². The van der Waals surface area contributed by atoms with Crippen LogP contribution in [0.4, 0.5) is 11.4 Å². The summed E-state index contributed by atoms with van der Waals surface area (Å²) >= 11 is 0. The molecule has 3 aromatic rings. The average molecular weight is 504 g/mol. The molecule has 0 atom stereocenters. The standard InChI is InChI=1S/C24H16N4O9/c1-37-17-10-8-14(9-11-17)20(29)13-25(22(30)15-4-2-5-16(12-15)27(33)34)26-23(31)18-6-3-7-19(28(35)36)21(18)24(26)32/h2-12H,13H2,1H3. The van der Waals surface area contributed by atoms with Crippen molar-refractivity contribution < 1.29 is 33.8 Å². The third-order valence-electron chi connectivity index (χ3n) is 5.55. The van der Waals surface area contributed by atoms with E-state index in [9.17, 15) is 39.4 Å². The molecule has 0 N–H and O–H groups in total. The van der Waals surface area contributed by atoms with Crippen molar-refractivity contribution in [1.29, 1.82) is 0 Å². The van der Waals surface area contributed by atoms with E-state index in [0.29, 0.717) is 15.8 Å². The van der Waals surface area contributed by atoms with Crippen molar-refractivity contribution >= 4 is 34.9 Å². The summed E-state index contributed by atoms with van der Waals surface area (Å²) < 4.78 is 5.05. The zero-order valence-corrected chi connectivity index (χ0v) is 19.0. The van der Waals surface area contributed by atoms with Crippen molar-refractivity contribution in [3.05, 3.63) is 109 Å². The number of nitrogens with zero attached hydrogens (tertiary/aromatic N) is 4. The van der Waals surface area contributed by atoms with Crippen LogP contribution in [-0.4, -0.2) is 57.0 Å². The fraction of sp³-hybridized carbons (Fsp3) is 0.0833. The van der Waals surface area contributed by atoms with Crippen LogP contribution in [-0.2, 0) is 0 Å². The number of hydrazine groups is 1. The number of hydrogen-bond donors (Lipinski definition) is 0. The number of carbonyl (C=O) groups excluding carboxylic acids is 4. The third-order valence-corrected chi connectivity index (χ3v) is 5.55. The van der Waals surface area contributed by atoms with Crippen LogP contribution >= 0.6 is 0 Å². The number of methoxy groups -OCH3 is 1. The van der Waals surface area contributed by atoms with Crippen molar-refractivity contribution in [2.75, 3.05) is 13.7 Å². The minimum absolute atomic E-state index is 0.111. The molecule has 37 heavy (non-hydrogen) atoms. The number of rotatable bonds is 8. The minimum atomic E-state index is -1.19. The van der Waals surface area contributed by atoms with Crippen LogP contribution < -0.4 is 4.74 Å². The molecule has 0 bridgehead atoms. The van der Waals surface area contributed by atoms with Gasteiger partial charge in [-0.2, -0.15) is 5.01 Å². The predicted octanol–water partition coefficient (Wildman–Crippen LogP) is 3.05. The molecule has 0 saturated heterocycles. The summed E-state index contributed by atoms with van der Waals surface area (Å²) in [6, 6.07) is 13.7. The molecule has 1 aliphatic heterocycles. The van der Waals surface area contributed by atoms with Gasteiger partial charge in [0.05, 0.1) is 22.5 Å². The summed E-state index contributed by atoms with van der Waals surface area (Å²) in [5.41, 5.74) is -2.13. The number of ether oxygens (including phenoxy) is 1. The Labute approximate surface area is 207 Å². The molecule has 0 radical (unpaired) electrons. The number of nitro groups is 2. The summed E-state index contributed by atoms with van der Waals surface area (Å²) in [7, 11) is 1.43. The Hall–Kier alpha value is -5.46. The lowest BCUT2D eigenvalue weighted by Crippen LogP contribution is -2.51. The summed E-state index contributed by atoms with van der Waals surface area (Å²) in [6.07, 6.45) is 0. The summed E-state index contributed by atoms with van der Waals surface area (Å²) in [5, 5.41) is 23.6. The third kappa shape index (κ3) is 4.48. The van der Waals surface area contributed by atoms with Gasteiger partial charge in [-0.25, -0.2) is 5.01 Å². The quantitative estimate of drug-likeness (QED) is 0.193. The number of fused-ring (bicyclic) bond motifs is 1. The Balaban J connectivity index is 1.78. The van der Waals surface area contributed by atoms with E-state index in [0.717, 1.165) is 18.2 Å². The van der Waals surface area contributed by atoms with Gasteiger partial charge in [-0.3, -0.25) is 39.4 Å². The molecular formula is C24H16N4O9. The van der Waals surface area contributed by atoms with Crippen molar-refractivity contribution in [2.24, 2.45) is 0 Å². The van der Waals surface area contributed by atoms with Gasteiger partial charge >= 0.3 is 0 Å². The zero-order chi connectivity index (χ0) is 26.9. The molecule has 13 heteroatoms. The van der Waals surface area contributed by atoms with Gasteiger partial charge in [0.15, 0.2) is 5.78 Å². The molecule has 0 aliphatic carbocycles. The van der Waals surface area contributed by atoms with Crippen LogP contribution in [0.1, 0.15) is 41.4 Å². The van der Waals surface area contributed by atoms with Gasteiger partial charge in [0, 0.05) is 29.3 Å². The molecule has 1 aliphatic rings. The number of amides is 3. The molecule has 0 unspecified atom stereocenters. The topological polar surface area (TPSA) is 170 Å². The van der Waals surface area contributed by atoms with E-state index in [2.05, 4.69) is 0 Å². The second kappa shape index (κ2) is 9.65. The number of carbonyl (C=O) groups is 4. The first-order valence-corrected chi connectivity index (χ1v) is 10.5. The SMILES string of the molecule is COc1ccc(C(=O)CN(C(=O)c2cccc([N+](=O)[O-])c2)N2C(=O)c3cccc([N+](=O)[O-])c3C2=O)cc1. The van der Waals surface area contributed by atoms with Crippen LogP contribution in [0.5, 0.6) is 5.75 Å². The minimum Gasteiger partial charge on any atom is -0.497 e. The van der Waals surface area contributed by atoms with Crippen LogP contribution in [0.3, 0.4) is 0 Å². The Morgan fingerprint density at radius 2 is 1.57 bits per heavy atom. The monoisotopic (exact) mass is 504 g/mol. The maximum Gasteiger partial charge on any atom is 0.287 e. The predicted molar refractivity (Wildman–Crippen MR) is 125 cm³/mol. The van der Waals surface area contributed by atoms with Gasteiger partial charge in [0.25, 0.3) is 29.1 Å². The van der Waals surface area contributed by atoms with Gasteiger partial charge in [0.1, 0.15) is 17.9 Å². The smallest absolute Gasteiger partial charge is 0.287 e. The maximum absolute atomic E-state index is 13.5. The van der Waals surface area contributed by atoms with Gasteiger partial charge in [-0.05, 0) is 36.4 Å². The van der Waals surface area contributed by atoms with Crippen LogP contribution in [0.25, 0.3) is 0 Å². The molecule has 1 heterocycles. The Morgan fingerprint density at radius 3 is 2.19 bits per heavy atom. The number of imide groups is 1. The molecule has 3 aromatic carbocycles. The summed E-state index contributed by atoms with van der Waals surface area (Å²) in [4.78, 5) is 74.1. The van der Waals surface area contributed by atoms with Crippen LogP contribution in [0.15, 0.2) is 66.7 Å².